The highest BCUT2D eigenvalue weighted by molar-refractivity contribution is 14.1. The molecule has 0 bridgehead atoms. The highest BCUT2D eigenvalue weighted by Crippen LogP contribution is 2.31. The van der Waals surface area contributed by atoms with Crippen molar-refractivity contribution in [3.05, 3.63) is 98.1 Å². The van der Waals surface area contributed by atoms with Crippen LogP contribution >= 0.6 is 22.6 Å². The number of urea groups is 1. The Morgan fingerprint density at radius 3 is 2.50 bits per heavy atom. The summed E-state index contributed by atoms with van der Waals surface area (Å²) in [7, 11) is 1.48. The SMILES string of the molecule is COc1cc(/C=C2/C(=O)NC(=O)N(c3ccccc3F)C2=O)cc(I)c1Cc1cccc(F)c1. The zero-order valence-electron chi connectivity index (χ0n) is 17.8. The Morgan fingerprint density at radius 2 is 1.79 bits per heavy atom. The average Bonchev–Trinajstić information content (AvgIpc) is 2.79. The van der Waals surface area contributed by atoms with Gasteiger partial charge in [0.15, 0.2) is 0 Å². The fourth-order valence-corrected chi connectivity index (χ4v) is 4.41. The second kappa shape index (κ2) is 9.72. The molecule has 0 aliphatic carbocycles. The molecule has 3 aromatic rings. The number of rotatable bonds is 5. The Hall–Kier alpha value is -3.60. The summed E-state index contributed by atoms with van der Waals surface area (Å²) < 4.78 is 34.1. The summed E-state index contributed by atoms with van der Waals surface area (Å²) in [5.74, 6) is -2.48. The van der Waals surface area contributed by atoms with Crippen LogP contribution in [-0.2, 0) is 16.0 Å². The third-order valence-corrected chi connectivity index (χ3v) is 6.14. The van der Waals surface area contributed by atoms with E-state index in [9.17, 15) is 23.2 Å². The molecule has 9 heteroatoms. The van der Waals surface area contributed by atoms with E-state index in [1.807, 2.05) is 0 Å². The number of para-hydroxylation sites is 1. The number of amides is 4. The zero-order valence-corrected chi connectivity index (χ0v) is 19.9. The summed E-state index contributed by atoms with van der Waals surface area (Å²) in [6.07, 6.45) is 1.72. The van der Waals surface area contributed by atoms with Crippen LogP contribution in [0.25, 0.3) is 6.08 Å². The van der Waals surface area contributed by atoms with E-state index in [1.54, 1.807) is 24.3 Å². The van der Waals surface area contributed by atoms with Crippen LogP contribution in [0.1, 0.15) is 16.7 Å². The van der Waals surface area contributed by atoms with Gasteiger partial charge < -0.3 is 4.74 Å². The Labute approximate surface area is 207 Å². The molecule has 0 radical (unpaired) electrons. The van der Waals surface area contributed by atoms with E-state index in [1.165, 1.54) is 43.5 Å². The Bertz CT molecular complexity index is 1360. The summed E-state index contributed by atoms with van der Waals surface area (Å²) >= 11 is 2.09. The third-order valence-electron chi connectivity index (χ3n) is 5.17. The second-order valence-corrected chi connectivity index (χ2v) is 8.56. The van der Waals surface area contributed by atoms with E-state index >= 15 is 0 Å². The lowest BCUT2D eigenvalue weighted by Crippen LogP contribution is -2.54. The first kappa shape index (κ1) is 23.6. The molecule has 172 valence electrons. The molecule has 0 atom stereocenters. The van der Waals surface area contributed by atoms with Gasteiger partial charge in [-0.05, 0) is 76.2 Å². The molecule has 4 amide bonds. The smallest absolute Gasteiger partial charge is 0.336 e. The fourth-order valence-electron chi connectivity index (χ4n) is 3.60. The zero-order chi connectivity index (χ0) is 24.4. The first-order valence-corrected chi connectivity index (χ1v) is 11.1. The molecule has 4 rings (SSSR count). The van der Waals surface area contributed by atoms with Gasteiger partial charge in [0.05, 0.1) is 12.8 Å². The number of halogens is 3. The minimum absolute atomic E-state index is 0.263. The van der Waals surface area contributed by atoms with Gasteiger partial charge in [0, 0.05) is 15.6 Å². The molecule has 0 unspecified atom stereocenters. The van der Waals surface area contributed by atoms with Crippen LogP contribution in [0.5, 0.6) is 5.75 Å². The molecular weight excluding hydrogens is 557 g/mol. The normalized spacial score (nSPS) is 15.0. The summed E-state index contributed by atoms with van der Waals surface area (Å²) in [5, 5.41) is 2.07. The molecule has 1 saturated heterocycles. The van der Waals surface area contributed by atoms with Crippen LogP contribution < -0.4 is 15.0 Å². The van der Waals surface area contributed by atoms with Gasteiger partial charge in [0.25, 0.3) is 11.8 Å². The number of methoxy groups -OCH3 is 1. The number of hydrogen-bond donors (Lipinski definition) is 1. The molecular formula is C25H17F2IN2O4. The number of nitrogens with zero attached hydrogens (tertiary/aromatic N) is 1. The molecule has 6 nitrogen and oxygen atoms in total. The van der Waals surface area contributed by atoms with Crippen molar-refractivity contribution < 1.29 is 27.9 Å². The van der Waals surface area contributed by atoms with Crippen LogP contribution in [0.2, 0.25) is 0 Å². The number of ether oxygens (including phenoxy) is 1. The van der Waals surface area contributed by atoms with Crippen molar-refractivity contribution in [3.63, 3.8) is 0 Å². The molecule has 1 heterocycles. The van der Waals surface area contributed by atoms with Gasteiger partial charge in [-0.25, -0.2) is 18.5 Å². The fraction of sp³-hybridized carbons (Fsp3) is 0.0800. The van der Waals surface area contributed by atoms with Crippen LogP contribution in [0.15, 0.2) is 66.2 Å². The monoisotopic (exact) mass is 574 g/mol. The van der Waals surface area contributed by atoms with Crippen molar-refractivity contribution in [2.24, 2.45) is 0 Å². The molecule has 0 spiro atoms. The molecule has 0 aromatic heterocycles. The number of nitrogens with one attached hydrogen (secondary N) is 1. The van der Waals surface area contributed by atoms with Gasteiger partial charge in [-0.3, -0.25) is 14.9 Å². The number of benzene rings is 3. The van der Waals surface area contributed by atoms with Gasteiger partial charge in [0.1, 0.15) is 23.0 Å². The van der Waals surface area contributed by atoms with E-state index in [4.69, 9.17) is 4.74 Å². The maximum atomic E-state index is 14.3. The predicted molar refractivity (Wildman–Crippen MR) is 130 cm³/mol. The van der Waals surface area contributed by atoms with Gasteiger partial charge in [-0.2, -0.15) is 0 Å². The van der Waals surface area contributed by atoms with Gasteiger partial charge >= 0.3 is 6.03 Å². The number of carbonyl (C=O) groups is 3. The Morgan fingerprint density at radius 1 is 1.03 bits per heavy atom. The summed E-state index contributed by atoms with van der Waals surface area (Å²) in [6.45, 7) is 0. The highest BCUT2D eigenvalue weighted by atomic mass is 127. The predicted octanol–water partition coefficient (Wildman–Crippen LogP) is 4.84. The largest absolute Gasteiger partial charge is 0.496 e. The van der Waals surface area contributed by atoms with Crippen LogP contribution in [0.4, 0.5) is 19.3 Å². The summed E-state index contributed by atoms with van der Waals surface area (Å²) in [5.41, 5.74) is 1.42. The number of hydrogen-bond acceptors (Lipinski definition) is 4. The molecule has 1 fully saturated rings. The molecule has 34 heavy (non-hydrogen) atoms. The van der Waals surface area contributed by atoms with Crippen molar-refractivity contribution in [2.45, 2.75) is 6.42 Å². The first-order valence-electron chi connectivity index (χ1n) is 10.1. The summed E-state index contributed by atoms with van der Waals surface area (Å²) in [6, 6.07) is 13.8. The molecule has 1 aliphatic rings. The lowest BCUT2D eigenvalue weighted by Gasteiger charge is -2.26. The average molecular weight is 574 g/mol. The highest BCUT2D eigenvalue weighted by Gasteiger charge is 2.38. The Balaban J connectivity index is 1.72. The molecule has 1 aliphatic heterocycles. The molecule has 0 saturated carbocycles. The van der Waals surface area contributed by atoms with E-state index in [-0.39, 0.29) is 17.1 Å². The van der Waals surface area contributed by atoms with E-state index in [0.29, 0.717) is 22.6 Å². The number of barbiturate groups is 1. The number of anilines is 1. The first-order chi connectivity index (χ1) is 16.3. The Kier molecular flexibility index (Phi) is 6.73. The minimum Gasteiger partial charge on any atom is -0.496 e. The van der Waals surface area contributed by atoms with Crippen LogP contribution in [-0.4, -0.2) is 25.0 Å². The second-order valence-electron chi connectivity index (χ2n) is 7.40. The standard InChI is InChI=1S/C25H17F2IN2O4/c1-34-22-13-15(12-20(28)17(22)10-14-5-4-6-16(26)9-14)11-18-23(31)29-25(33)30(24(18)32)21-8-3-2-7-19(21)27/h2-9,11-13H,10H2,1H3,(H,29,31,33)/b18-11-. The van der Waals surface area contributed by atoms with Crippen LogP contribution in [0, 0.1) is 15.2 Å². The van der Waals surface area contributed by atoms with Gasteiger partial charge in [-0.1, -0.05) is 24.3 Å². The van der Waals surface area contributed by atoms with Crippen molar-refractivity contribution >= 4 is 52.2 Å². The summed E-state index contributed by atoms with van der Waals surface area (Å²) in [4.78, 5) is 38.4. The van der Waals surface area contributed by atoms with Crippen molar-refractivity contribution in [1.29, 1.82) is 0 Å². The third kappa shape index (κ3) is 4.69. The van der Waals surface area contributed by atoms with E-state index in [2.05, 4.69) is 27.9 Å². The number of imide groups is 2. The molecule has 3 aromatic carbocycles. The van der Waals surface area contributed by atoms with Gasteiger partial charge in [-0.15, -0.1) is 0 Å². The van der Waals surface area contributed by atoms with Crippen molar-refractivity contribution in [3.8, 4) is 5.75 Å². The quantitative estimate of drug-likeness (QED) is 0.269. The topological polar surface area (TPSA) is 75.7 Å². The number of carbonyl (C=O) groups excluding carboxylic acids is 3. The maximum Gasteiger partial charge on any atom is 0.336 e. The van der Waals surface area contributed by atoms with Crippen molar-refractivity contribution in [1.82, 2.24) is 5.32 Å². The van der Waals surface area contributed by atoms with E-state index in [0.717, 1.165) is 20.8 Å². The van der Waals surface area contributed by atoms with E-state index < -0.39 is 23.7 Å². The maximum absolute atomic E-state index is 14.3. The lowest BCUT2D eigenvalue weighted by molar-refractivity contribution is -0.122. The van der Waals surface area contributed by atoms with Crippen LogP contribution in [0.3, 0.4) is 0 Å². The van der Waals surface area contributed by atoms with Gasteiger partial charge in [0.2, 0.25) is 0 Å². The molecule has 1 N–H and O–H groups in total. The minimum atomic E-state index is -1.03. The van der Waals surface area contributed by atoms with Crippen molar-refractivity contribution in [2.75, 3.05) is 12.0 Å². The lowest BCUT2D eigenvalue weighted by atomic mass is 10.0.